The van der Waals surface area contributed by atoms with E-state index in [0.717, 1.165) is 60.9 Å². The van der Waals surface area contributed by atoms with E-state index < -0.39 is 18.2 Å². The molecule has 4 aromatic rings. The molecule has 246 valence electrons. The SMILES string of the molecule is O=C(NCc1ccc(C2O[C@H](CN3CCN(c4ncccn4)CC3)C[C@H](c3ccc(CO)cc3)O2)cc1)c1ccc2c(c1)C(=O)OC2=O. The van der Waals surface area contributed by atoms with Crippen molar-refractivity contribution >= 4 is 23.8 Å². The van der Waals surface area contributed by atoms with E-state index in [1.165, 1.54) is 18.2 Å². The van der Waals surface area contributed by atoms with Gasteiger partial charge in [-0.3, -0.25) is 9.69 Å². The van der Waals surface area contributed by atoms with Gasteiger partial charge in [0.15, 0.2) is 6.29 Å². The number of nitrogens with zero attached hydrogens (tertiary/aromatic N) is 4. The van der Waals surface area contributed by atoms with Crippen LogP contribution in [0.1, 0.15) is 72.1 Å². The molecule has 2 N–H and O–H groups in total. The van der Waals surface area contributed by atoms with Gasteiger partial charge >= 0.3 is 11.9 Å². The summed E-state index contributed by atoms with van der Waals surface area (Å²) in [7, 11) is 0. The molecule has 2 saturated heterocycles. The Morgan fingerprint density at radius 2 is 1.52 bits per heavy atom. The molecule has 48 heavy (non-hydrogen) atoms. The summed E-state index contributed by atoms with van der Waals surface area (Å²) in [5.41, 5.74) is 4.11. The summed E-state index contributed by atoms with van der Waals surface area (Å²) < 4.78 is 17.7. The summed E-state index contributed by atoms with van der Waals surface area (Å²) in [5, 5.41) is 12.4. The molecule has 4 heterocycles. The standard InChI is InChI=1S/C36H35N5O7/c42-22-24-4-6-25(7-5-24)31-19-28(21-40-14-16-41(17-15-40)36-37-12-1-13-38-36)46-35(47-31)26-8-2-23(3-9-26)20-39-32(43)27-10-11-29-30(18-27)34(45)48-33(29)44/h1-13,18,28,31,35,42H,14-17,19-22H2,(H,39,43)/t28-,31+,35?/m0/s1. The molecule has 1 aromatic heterocycles. The van der Waals surface area contributed by atoms with Gasteiger partial charge in [0.25, 0.3) is 5.91 Å². The zero-order valence-electron chi connectivity index (χ0n) is 26.2. The first-order valence-corrected chi connectivity index (χ1v) is 16.0. The van der Waals surface area contributed by atoms with Crippen molar-refractivity contribution in [2.24, 2.45) is 0 Å². The predicted octanol–water partition coefficient (Wildman–Crippen LogP) is 3.58. The lowest BCUT2D eigenvalue weighted by molar-refractivity contribution is -0.253. The van der Waals surface area contributed by atoms with E-state index in [9.17, 15) is 19.5 Å². The number of piperazine rings is 1. The van der Waals surface area contributed by atoms with Crippen LogP contribution in [0.15, 0.2) is 85.2 Å². The molecule has 3 aliphatic rings. The molecule has 12 heteroatoms. The predicted molar refractivity (Wildman–Crippen MR) is 173 cm³/mol. The van der Waals surface area contributed by atoms with Crippen LogP contribution in [0.5, 0.6) is 0 Å². The van der Waals surface area contributed by atoms with Crippen LogP contribution in [-0.2, 0) is 27.4 Å². The second-order valence-electron chi connectivity index (χ2n) is 12.0. The number of hydrogen-bond donors (Lipinski definition) is 2. The fraction of sp³-hybridized carbons (Fsp3) is 0.306. The van der Waals surface area contributed by atoms with Crippen molar-refractivity contribution in [3.63, 3.8) is 0 Å². The third-order valence-electron chi connectivity index (χ3n) is 8.90. The number of carbonyl (C=O) groups excluding carboxylic acids is 3. The molecule has 0 saturated carbocycles. The average molecular weight is 650 g/mol. The zero-order valence-corrected chi connectivity index (χ0v) is 26.2. The summed E-state index contributed by atoms with van der Waals surface area (Å²) in [5.74, 6) is -1.08. The number of rotatable bonds is 9. The lowest BCUT2D eigenvalue weighted by Gasteiger charge is -2.40. The Kier molecular flexibility index (Phi) is 9.21. The van der Waals surface area contributed by atoms with Gasteiger partial charge in [-0.1, -0.05) is 48.5 Å². The van der Waals surface area contributed by atoms with Crippen molar-refractivity contribution in [1.82, 2.24) is 20.2 Å². The summed E-state index contributed by atoms with van der Waals surface area (Å²) in [4.78, 5) is 49.8. The van der Waals surface area contributed by atoms with Gasteiger partial charge in [-0.2, -0.15) is 0 Å². The lowest BCUT2D eigenvalue weighted by atomic mass is 9.99. The number of carbonyl (C=O) groups is 3. The number of esters is 2. The van der Waals surface area contributed by atoms with Gasteiger partial charge < -0.3 is 29.5 Å². The molecule has 0 spiro atoms. The molecule has 7 rings (SSSR count). The third-order valence-corrected chi connectivity index (χ3v) is 8.90. The first kappa shape index (κ1) is 31.6. The number of aliphatic hydroxyl groups excluding tert-OH is 1. The smallest absolute Gasteiger partial charge is 0.346 e. The van der Waals surface area contributed by atoms with E-state index in [4.69, 9.17) is 9.47 Å². The Balaban J connectivity index is 1.00. The molecule has 0 bridgehead atoms. The monoisotopic (exact) mass is 649 g/mol. The number of amides is 1. The van der Waals surface area contributed by atoms with Gasteiger partial charge in [-0.05, 0) is 41.0 Å². The van der Waals surface area contributed by atoms with Gasteiger partial charge in [0.2, 0.25) is 5.95 Å². The molecular formula is C36H35N5O7. The number of cyclic esters (lactones) is 2. The van der Waals surface area contributed by atoms with Gasteiger partial charge in [0.1, 0.15) is 0 Å². The second-order valence-corrected chi connectivity index (χ2v) is 12.0. The van der Waals surface area contributed by atoms with Crippen LogP contribution in [-0.4, -0.2) is 76.6 Å². The highest BCUT2D eigenvalue weighted by atomic mass is 16.7. The molecule has 3 aliphatic heterocycles. The second kappa shape index (κ2) is 14.0. The average Bonchev–Trinajstić information content (AvgIpc) is 3.43. The van der Waals surface area contributed by atoms with Crippen molar-refractivity contribution in [3.8, 4) is 0 Å². The van der Waals surface area contributed by atoms with Gasteiger partial charge in [-0.25, -0.2) is 19.6 Å². The van der Waals surface area contributed by atoms with Crippen molar-refractivity contribution in [1.29, 1.82) is 0 Å². The lowest BCUT2D eigenvalue weighted by Crippen LogP contribution is -2.50. The minimum Gasteiger partial charge on any atom is -0.392 e. The number of aromatic nitrogens is 2. The first-order chi connectivity index (χ1) is 23.4. The van der Waals surface area contributed by atoms with E-state index in [1.807, 2.05) is 54.6 Å². The molecule has 0 radical (unpaired) electrons. The molecule has 1 amide bonds. The highest BCUT2D eigenvalue weighted by Gasteiger charge is 2.34. The third kappa shape index (κ3) is 6.97. The van der Waals surface area contributed by atoms with Crippen LogP contribution in [0.25, 0.3) is 0 Å². The molecule has 0 aliphatic carbocycles. The number of nitrogens with one attached hydrogen (secondary N) is 1. The first-order valence-electron chi connectivity index (χ1n) is 16.0. The van der Waals surface area contributed by atoms with Crippen molar-refractivity contribution in [3.05, 3.63) is 124 Å². The number of fused-ring (bicyclic) bond motifs is 1. The Bertz CT molecular complexity index is 1780. The fourth-order valence-electron chi connectivity index (χ4n) is 6.21. The summed E-state index contributed by atoms with van der Waals surface area (Å²) in [6.45, 7) is 4.40. The summed E-state index contributed by atoms with van der Waals surface area (Å²) in [6.07, 6.45) is 3.35. The van der Waals surface area contributed by atoms with Crippen LogP contribution in [0.2, 0.25) is 0 Å². The van der Waals surface area contributed by atoms with Crippen LogP contribution < -0.4 is 10.2 Å². The van der Waals surface area contributed by atoms with E-state index in [0.29, 0.717) is 6.42 Å². The normalized spacial score (nSPS) is 21.1. The molecule has 2 fully saturated rings. The number of anilines is 1. The van der Waals surface area contributed by atoms with Crippen molar-refractivity contribution in [2.75, 3.05) is 37.6 Å². The molecule has 3 aromatic carbocycles. The molecule has 1 unspecified atom stereocenters. The van der Waals surface area contributed by atoms with E-state index >= 15 is 0 Å². The zero-order chi connectivity index (χ0) is 33.0. The van der Waals surface area contributed by atoms with Gasteiger partial charge in [-0.15, -0.1) is 0 Å². The van der Waals surface area contributed by atoms with Crippen molar-refractivity contribution < 1.29 is 33.7 Å². The van der Waals surface area contributed by atoms with E-state index in [1.54, 1.807) is 12.4 Å². The van der Waals surface area contributed by atoms with Gasteiger partial charge in [0, 0.05) is 69.2 Å². The Morgan fingerprint density at radius 3 is 2.25 bits per heavy atom. The van der Waals surface area contributed by atoms with E-state index in [-0.39, 0.29) is 48.0 Å². The minimum absolute atomic E-state index is 0.0179. The number of aliphatic hydroxyl groups is 1. The van der Waals surface area contributed by atoms with Crippen LogP contribution in [0.3, 0.4) is 0 Å². The summed E-state index contributed by atoms with van der Waals surface area (Å²) in [6, 6.07) is 21.7. The highest BCUT2D eigenvalue weighted by Crippen LogP contribution is 2.38. The maximum absolute atomic E-state index is 12.8. The molecule has 3 atom stereocenters. The highest BCUT2D eigenvalue weighted by molar-refractivity contribution is 6.15. The maximum atomic E-state index is 12.8. The van der Waals surface area contributed by atoms with Crippen LogP contribution in [0.4, 0.5) is 5.95 Å². The Morgan fingerprint density at radius 1 is 0.833 bits per heavy atom. The van der Waals surface area contributed by atoms with Crippen molar-refractivity contribution in [2.45, 2.75) is 38.1 Å². The largest absolute Gasteiger partial charge is 0.392 e. The minimum atomic E-state index is -0.750. The van der Waals surface area contributed by atoms with E-state index in [2.05, 4.69) is 29.8 Å². The maximum Gasteiger partial charge on any atom is 0.346 e. The molecule has 12 nitrogen and oxygen atoms in total. The Hall–Kier alpha value is -5.01. The van der Waals surface area contributed by atoms with Crippen LogP contribution in [0, 0.1) is 0 Å². The quantitative estimate of drug-likeness (QED) is 0.203. The van der Waals surface area contributed by atoms with Crippen LogP contribution >= 0.6 is 0 Å². The Labute approximate surface area is 277 Å². The number of benzene rings is 3. The van der Waals surface area contributed by atoms with Gasteiger partial charge in [0.05, 0.1) is 29.9 Å². The number of hydrogen-bond acceptors (Lipinski definition) is 11. The number of ether oxygens (including phenoxy) is 3. The summed E-state index contributed by atoms with van der Waals surface area (Å²) >= 11 is 0. The fourth-order valence-corrected chi connectivity index (χ4v) is 6.21. The molecular weight excluding hydrogens is 614 g/mol. The topological polar surface area (TPSA) is 143 Å².